The van der Waals surface area contributed by atoms with Gasteiger partial charge in [-0.05, 0) is 37.1 Å². The standard InChI is InChI=1S/C23H29N5O3/c29-23(27-15-13-25(14-16-27)18-19-7-9-24-10-8-19)20-5-6-21(22(17-20)28(30)31)26-11-3-1-2-4-12-26/h5-10,17H,1-4,11-16,18H2/p+1. The number of hydrogen-bond donors (Lipinski definition) is 1. The lowest BCUT2D eigenvalue weighted by Gasteiger charge is -2.32. The zero-order valence-electron chi connectivity index (χ0n) is 17.8. The molecule has 0 radical (unpaired) electrons. The molecule has 3 heterocycles. The minimum absolute atomic E-state index is 0.0368. The quantitative estimate of drug-likeness (QED) is 0.586. The molecule has 164 valence electrons. The van der Waals surface area contributed by atoms with Crippen LogP contribution in [-0.2, 0) is 6.54 Å². The van der Waals surface area contributed by atoms with Gasteiger partial charge >= 0.3 is 0 Å². The van der Waals surface area contributed by atoms with Gasteiger partial charge in [0.25, 0.3) is 11.6 Å². The first-order chi connectivity index (χ1) is 15.1. The minimum Gasteiger partial charge on any atom is -0.366 e. The topological polar surface area (TPSA) is 84.0 Å². The molecule has 0 spiro atoms. The normalized spacial score (nSPS) is 17.9. The van der Waals surface area contributed by atoms with Crippen molar-refractivity contribution in [2.24, 2.45) is 0 Å². The van der Waals surface area contributed by atoms with E-state index in [0.29, 0.717) is 24.3 Å². The molecule has 1 N–H and O–H groups in total. The molecular formula is C23H30N5O3+. The summed E-state index contributed by atoms with van der Waals surface area (Å²) in [6.45, 7) is 5.61. The molecule has 8 heteroatoms. The van der Waals surface area contributed by atoms with Gasteiger partial charge in [-0.3, -0.25) is 19.9 Å². The monoisotopic (exact) mass is 424 g/mol. The first kappa shape index (κ1) is 21.2. The number of hydrogen-bond acceptors (Lipinski definition) is 5. The van der Waals surface area contributed by atoms with Gasteiger partial charge < -0.3 is 14.7 Å². The van der Waals surface area contributed by atoms with Crippen LogP contribution in [0.25, 0.3) is 0 Å². The lowest BCUT2D eigenvalue weighted by atomic mass is 10.1. The maximum atomic E-state index is 13.1. The number of nitro groups is 1. The third-order valence-electron chi connectivity index (χ3n) is 6.33. The molecule has 8 nitrogen and oxygen atoms in total. The van der Waals surface area contributed by atoms with Gasteiger partial charge in [0.15, 0.2) is 0 Å². The van der Waals surface area contributed by atoms with Gasteiger partial charge in [-0.1, -0.05) is 12.8 Å². The van der Waals surface area contributed by atoms with Crippen LogP contribution in [0.3, 0.4) is 0 Å². The summed E-state index contributed by atoms with van der Waals surface area (Å²) in [5.74, 6) is -0.117. The smallest absolute Gasteiger partial charge is 0.293 e. The summed E-state index contributed by atoms with van der Waals surface area (Å²) >= 11 is 0. The Morgan fingerprint density at radius 1 is 1.00 bits per heavy atom. The van der Waals surface area contributed by atoms with Crippen LogP contribution in [0.5, 0.6) is 0 Å². The van der Waals surface area contributed by atoms with Crippen molar-refractivity contribution in [2.45, 2.75) is 32.2 Å². The highest BCUT2D eigenvalue weighted by molar-refractivity contribution is 5.95. The number of carbonyl (C=O) groups excluding carboxylic acids is 1. The maximum absolute atomic E-state index is 13.1. The van der Waals surface area contributed by atoms with Crippen molar-refractivity contribution < 1.29 is 14.6 Å². The number of benzene rings is 1. The second kappa shape index (κ2) is 9.87. The van der Waals surface area contributed by atoms with E-state index < -0.39 is 0 Å². The molecule has 2 aliphatic rings. The Hall–Kier alpha value is -3.00. The zero-order chi connectivity index (χ0) is 21.6. The first-order valence-electron chi connectivity index (χ1n) is 11.2. The molecule has 4 rings (SSSR count). The van der Waals surface area contributed by atoms with Crippen molar-refractivity contribution in [2.75, 3.05) is 44.2 Å². The van der Waals surface area contributed by atoms with E-state index in [1.54, 1.807) is 24.5 Å². The number of pyridine rings is 1. The lowest BCUT2D eigenvalue weighted by molar-refractivity contribution is -0.917. The Labute approximate surface area is 182 Å². The molecule has 0 bridgehead atoms. The van der Waals surface area contributed by atoms with E-state index in [2.05, 4.69) is 9.88 Å². The highest BCUT2D eigenvalue weighted by atomic mass is 16.6. The second-order valence-corrected chi connectivity index (χ2v) is 8.44. The van der Waals surface area contributed by atoms with Crippen LogP contribution >= 0.6 is 0 Å². The Morgan fingerprint density at radius 3 is 2.32 bits per heavy atom. The number of carbonyl (C=O) groups is 1. The van der Waals surface area contributed by atoms with Gasteiger partial charge in [0.2, 0.25) is 0 Å². The van der Waals surface area contributed by atoms with Gasteiger partial charge in [0.05, 0.1) is 31.1 Å². The van der Waals surface area contributed by atoms with E-state index in [1.165, 1.54) is 16.5 Å². The molecule has 31 heavy (non-hydrogen) atoms. The van der Waals surface area contributed by atoms with E-state index in [9.17, 15) is 14.9 Å². The fraction of sp³-hybridized carbons (Fsp3) is 0.478. The van der Waals surface area contributed by atoms with E-state index in [1.807, 2.05) is 17.0 Å². The van der Waals surface area contributed by atoms with Crippen molar-refractivity contribution >= 4 is 17.3 Å². The summed E-state index contributed by atoms with van der Waals surface area (Å²) in [4.78, 5) is 33.9. The summed E-state index contributed by atoms with van der Waals surface area (Å²) in [5.41, 5.74) is 2.32. The molecular weight excluding hydrogens is 394 g/mol. The number of nitro benzene ring substituents is 1. The SMILES string of the molecule is O=C(c1ccc(N2CCCCCC2)c([N+](=O)[O-])c1)N1CC[NH+](Cc2ccncc2)CC1. The molecule has 2 aromatic rings. The summed E-state index contributed by atoms with van der Waals surface area (Å²) in [6, 6.07) is 9.04. The number of nitrogens with one attached hydrogen (secondary N) is 1. The third-order valence-corrected chi connectivity index (χ3v) is 6.33. The Bertz CT molecular complexity index is 905. The Kier molecular flexibility index (Phi) is 6.76. The number of amides is 1. The highest BCUT2D eigenvalue weighted by Gasteiger charge is 2.27. The highest BCUT2D eigenvalue weighted by Crippen LogP contribution is 2.31. The largest absolute Gasteiger partial charge is 0.366 e. The fourth-order valence-electron chi connectivity index (χ4n) is 4.56. The minimum atomic E-state index is -0.353. The van der Waals surface area contributed by atoms with Gasteiger partial charge in [0.1, 0.15) is 12.2 Å². The molecule has 2 aliphatic heterocycles. The average Bonchev–Trinajstić information content (AvgIpc) is 3.09. The van der Waals surface area contributed by atoms with Gasteiger partial charge in [-0.15, -0.1) is 0 Å². The van der Waals surface area contributed by atoms with E-state index in [-0.39, 0.29) is 16.5 Å². The first-order valence-corrected chi connectivity index (χ1v) is 11.2. The molecule has 1 aromatic heterocycles. The van der Waals surface area contributed by atoms with Gasteiger partial charge in [0, 0.05) is 42.7 Å². The molecule has 0 aliphatic carbocycles. The Balaban J connectivity index is 1.42. The van der Waals surface area contributed by atoms with Crippen molar-refractivity contribution in [3.8, 4) is 0 Å². The molecule has 2 saturated heterocycles. The van der Waals surface area contributed by atoms with E-state index in [0.717, 1.165) is 58.4 Å². The summed E-state index contributed by atoms with van der Waals surface area (Å²) in [7, 11) is 0. The number of anilines is 1. The van der Waals surface area contributed by atoms with Crippen LogP contribution in [0, 0.1) is 10.1 Å². The fourth-order valence-corrected chi connectivity index (χ4v) is 4.56. The lowest BCUT2D eigenvalue weighted by Crippen LogP contribution is -3.13. The van der Waals surface area contributed by atoms with Gasteiger partial charge in [-0.25, -0.2) is 0 Å². The number of nitrogens with zero attached hydrogens (tertiary/aromatic N) is 4. The number of piperazine rings is 1. The van der Waals surface area contributed by atoms with Crippen LogP contribution < -0.4 is 9.80 Å². The van der Waals surface area contributed by atoms with Crippen molar-refractivity contribution in [1.82, 2.24) is 9.88 Å². The van der Waals surface area contributed by atoms with Crippen LogP contribution in [0.1, 0.15) is 41.6 Å². The predicted molar refractivity (Wildman–Crippen MR) is 118 cm³/mol. The van der Waals surface area contributed by atoms with Crippen LogP contribution in [0.15, 0.2) is 42.7 Å². The summed E-state index contributed by atoms with van der Waals surface area (Å²) in [5, 5.41) is 11.8. The van der Waals surface area contributed by atoms with E-state index in [4.69, 9.17) is 0 Å². The van der Waals surface area contributed by atoms with Crippen molar-refractivity contribution in [3.05, 3.63) is 64.0 Å². The summed E-state index contributed by atoms with van der Waals surface area (Å²) < 4.78 is 0. The van der Waals surface area contributed by atoms with Gasteiger partial charge in [-0.2, -0.15) is 0 Å². The average molecular weight is 425 g/mol. The van der Waals surface area contributed by atoms with Crippen LogP contribution in [0.4, 0.5) is 11.4 Å². The second-order valence-electron chi connectivity index (χ2n) is 8.44. The van der Waals surface area contributed by atoms with Crippen LogP contribution in [-0.4, -0.2) is 60.0 Å². The molecule has 0 atom stereocenters. The van der Waals surface area contributed by atoms with Crippen molar-refractivity contribution in [3.63, 3.8) is 0 Å². The summed E-state index contributed by atoms with van der Waals surface area (Å²) in [6.07, 6.45) is 8.02. The van der Waals surface area contributed by atoms with Crippen molar-refractivity contribution in [1.29, 1.82) is 0 Å². The number of rotatable bonds is 5. The molecule has 0 saturated carbocycles. The van der Waals surface area contributed by atoms with Crippen LogP contribution in [0.2, 0.25) is 0 Å². The number of aromatic nitrogens is 1. The molecule has 1 aromatic carbocycles. The molecule has 2 fully saturated rings. The third kappa shape index (κ3) is 5.19. The molecule has 0 unspecified atom stereocenters. The van der Waals surface area contributed by atoms with E-state index >= 15 is 0 Å². The predicted octanol–water partition coefficient (Wildman–Crippen LogP) is 1.91. The number of quaternary nitrogens is 1. The molecule has 1 amide bonds. The zero-order valence-corrected chi connectivity index (χ0v) is 17.8. The maximum Gasteiger partial charge on any atom is 0.293 e. The Morgan fingerprint density at radius 2 is 1.68 bits per heavy atom.